The fraction of sp³-hybridized carbons (Fsp3) is 0.545. The number of hydrogen-bond donors (Lipinski definition) is 1. The number of amides is 1. The summed E-state index contributed by atoms with van der Waals surface area (Å²) >= 11 is 0. The van der Waals surface area contributed by atoms with Gasteiger partial charge in [-0.25, -0.2) is 0 Å². The first-order valence-electron chi connectivity index (χ1n) is 10.7. The molecule has 1 aromatic carbocycles. The minimum Gasteiger partial charge on any atom is -0.492 e. The van der Waals surface area contributed by atoms with Gasteiger partial charge in [-0.15, -0.1) is 0 Å². The highest BCUT2D eigenvalue weighted by atomic mass is 16.6. The van der Waals surface area contributed by atoms with Crippen LogP contribution in [0.4, 0.5) is 11.4 Å². The number of nitrogens with zero attached hydrogens (tertiary/aromatic N) is 3. The summed E-state index contributed by atoms with van der Waals surface area (Å²) in [6.45, 7) is 2.31. The van der Waals surface area contributed by atoms with Gasteiger partial charge in [-0.1, -0.05) is 12.1 Å². The molecule has 4 aliphatic carbocycles. The lowest BCUT2D eigenvalue weighted by Crippen LogP contribution is -2.52. The van der Waals surface area contributed by atoms with Gasteiger partial charge in [0.1, 0.15) is 11.9 Å². The van der Waals surface area contributed by atoms with Crippen LogP contribution in [0.2, 0.25) is 0 Å². The highest BCUT2D eigenvalue weighted by molar-refractivity contribution is 6.06. The number of anilines is 1. The largest absolute Gasteiger partial charge is 0.492 e. The molecule has 0 spiro atoms. The van der Waals surface area contributed by atoms with Crippen molar-refractivity contribution in [2.24, 2.45) is 17.8 Å². The molecule has 1 heterocycles. The van der Waals surface area contributed by atoms with Gasteiger partial charge in [-0.3, -0.25) is 19.6 Å². The van der Waals surface area contributed by atoms with Gasteiger partial charge in [0, 0.05) is 0 Å². The molecule has 158 valence electrons. The van der Waals surface area contributed by atoms with Gasteiger partial charge in [0.15, 0.2) is 0 Å². The number of rotatable bonds is 6. The molecule has 4 fully saturated rings. The monoisotopic (exact) mass is 410 g/mol. The van der Waals surface area contributed by atoms with E-state index in [-0.39, 0.29) is 16.9 Å². The number of para-hydroxylation sites is 2. The number of hydrogen-bond acceptors (Lipinski definition) is 5. The van der Waals surface area contributed by atoms with Crippen molar-refractivity contribution in [1.29, 1.82) is 0 Å². The zero-order valence-electron chi connectivity index (χ0n) is 17.0. The Balaban J connectivity index is 1.47. The first-order valence-corrected chi connectivity index (χ1v) is 10.7. The summed E-state index contributed by atoms with van der Waals surface area (Å²) in [5.74, 6) is 1.97. The molecule has 1 aromatic heterocycles. The Morgan fingerprint density at radius 2 is 1.87 bits per heavy atom. The molecule has 0 unspecified atom stereocenters. The first-order chi connectivity index (χ1) is 14.5. The van der Waals surface area contributed by atoms with Crippen LogP contribution in [-0.4, -0.2) is 27.2 Å². The minimum absolute atomic E-state index is 0.137. The summed E-state index contributed by atoms with van der Waals surface area (Å²) in [6, 6.07) is 7.05. The number of ether oxygens (including phenoxy) is 1. The van der Waals surface area contributed by atoms with E-state index in [4.69, 9.17) is 4.74 Å². The molecule has 4 saturated carbocycles. The summed E-state index contributed by atoms with van der Waals surface area (Å²) in [6.07, 6.45) is 8.30. The zero-order valence-corrected chi connectivity index (χ0v) is 17.0. The number of carbonyl (C=O) groups excluding carboxylic acids is 1. The molecule has 8 nitrogen and oxygen atoms in total. The standard InChI is InChI=1S/C22H26N4O4/c1-2-30-19-6-4-3-5-17(19)23-21(27)20-18(26(28)29)13-25(24-20)22-10-14-7-15(11-22)9-16(8-14)12-22/h3-6,13-16H,2,7-12H2,1H3,(H,23,27). The summed E-state index contributed by atoms with van der Waals surface area (Å²) < 4.78 is 7.31. The Bertz CT molecular complexity index is 963. The number of benzene rings is 1. The second kappa shape index (κ2) is 7.11. The van der Waals surface area contributed by atoms with E-state index < -0.39 is 10.8 Å². The fourth-order valence-electron chi connectivity index (χ4n) is 6.28. The number of carbonyl (C=O) groups is 1. The van der Waals surface area contributed by atoms with Gasteiger partial charge < -0.3 is 10.1 Å². The van der Waals surface area contributed by atoms with Crippen molar-refractivity contribution in [1.82, 2.24) is 9.78 Å². The molecule has 0 radical (unpaired) electrons. The predicted molar refractivity (Wildman–Crippen MR) is 111 cm³/mol. The first kappa shape index (κ1) is 19.1. The van der Waals surface area contributed by atoms with E-state index in [1.165, 1.54) is 25.5 Å². The second-order valence-corrected chi connectivity index (χ2v) is 9.09. The van der Waals surface area contributed by atoms with Crippen LogP contribution in [-0.2, 0) is 5.54 Å². The van der Waals surface area contributed by atoms with Crippen LogP contribution in [0.25, 0.3) is 0 Å². The van der Waals surface area contributed by atoms with Gasteiger partial charge in [-0.2, -0.15) is 5.10 Å². The number of nitrogens with one attached hydrogen (secondary N) is 1. The van der Waals surface area contributed by atoms with Crippen LogP contribution in [0.5, 0.6) is 5.75 Å². The fourth-order valence-corrected chi connectivity index (χ4v) is 6.28. The van der Waals surface area contributed by atoms with Crippen molar-refractivity contribution in [3.05, 3.63) is 46.3 Å². The normalized spacial score (nSPS) is 29.0. The molecule has 30 heavy (non-hydrogen) atoms. The average Bonchev–Trinajstić information content (AvgIpc) is 3.16. The maximum Gasteiger partial charge on any atom is 0.320 e. The average molecular weight is 410 g/mol. The van der Waals surface area contributed by atoms with E-state index >= 15 is 0 Å². The topological polar surface area (TPSA) is 99.3 Å². The number of nitro groups is 1. The summed E-state index contributed by atoms with van der Waals surface area (Å²) in [4.78, 5) is 24.2. The van der Waals surface area contributed by atoms with Crippen LogP contribution in [0.3, 0.4) is 0 Å². The van der Waals surface area contributed by atoms with Crippen molar-refractivity contribution in [2.75, 3.05) is 11.9 Å². The van der Waals surface area contributed by atoms with E-state index in [1.807, 2.05) is 13.0 Å². The Hall–Kier alpha value is -2.90. The van der Waals surface area contributed by atoms with Gasteiger partial charge in [0.25, 0.3) is 5.91 Å². The van der Waals surface area contributed by atoms with Gasteiger partial charge in [0.05, 0.1) is 22.8 Å². The summed E-state index contributed by atoms with van der Waals surface area (Å²) in [5.41, 5.74) is -0.0801. The Kier molecular flexibility index (Phi) is 4.52. The predicted octanol–water partition coefficient (Wildman–Crippen LogP) is 4.37. The molecular weight excluding hydrogens is 384 g/mol. The van der Waals surface area contributed by atoms with Crippen LogP contribution in [0.1, 0.15) is 55.9 Å². The Morgan fingerprint density at radius 3 is 2.47 bits per heavy atom. The van der Waals surface area contributed by atoms with Crippen LogP contribution in [0.15, 0.2) is 30.5 Å². The molecule has 0 saturated heterocycles. The maximum atomic E-state index is 13.0. The van der Waals surface area contributed by atoms with E-state index in [1.54, 1.807) is 22.9 Å². The third-order valence-electron chi connectivity index (χ3n) is 7.03. The molecule has 0 aliphatic heterocycles. The Labute approximate surface area is 174 Å². The lowest BCUT2D eigenvalue weighted by molar-refractivity contribution is -0.385. The third kappa shape index (κ3) is 3.14. The van der Waals surface area contributed by atoms with Crippen molar-refractivity contribution in [3.63, 3.8) is 0 Å². The van der Waals surface area contributed by atoms with Crippen molar-refractivity contribution >= 4 is 17.3 Å². The molecule has 6 rings (SSSR count). The molecule has 1 amide bonds. The maximum absolute atomic E-state index is 13.0. The molecule has 8 heteroatoms. The van der Waals surface area contributed by atoms with Crippen LogP contribution >= 0.6 is 0 Å². The van der Waals surface area contributed by atoms with E-state index in [9.17, 15) is 14.9 Å². The third-order valence-corrected chi connectivity index (χ3v) is 7.03. The minimum atomic E-state index is -0.586. The van der Waals surface area contributed by atoms with Crippen molar-refractivity contribution in [2.45, 2.75) is 51.0 Å². The van der Waals surface area contributed by atoms with Crippen LogP contribution in [0, 0.1) is 27.9 Å². The second-order valence-electron chi connectivity index (χ2n) is 9.09. The van der Waals surface area contributed by atoms with E-state index in [0.29, 0.717) is 35.8 Å². The van der Waals surface area contributed by atoms with Gasteiger partial charge in [0.2, 0.25) is 5.69 Å². The molecule has 1 N–H and O–H groups in total. The SMILES string of the molecule is CCOc1ccccc1NC(=O)c1nn(C23CC4CC(CC(C4)C2)C3)cc1[N+](=O)[O-]. The molecule has 4 bridgehead atoms. The molecule has 4 aliphatic rings. The van der Waals surface area contributed by atoms with E-state index in [2.05, 4.69) is 10.4 Å². The molecular formula is C22H26N4O4. The van der Waals surface area contributed by atoms with Crippen LogP contribution < -0.4 is 10.1 Å². The Morgan fingerprint density at radius 1 is 1.23 bits per heavy atom. The molecule has 2 aromatic rings. The van der Waals surface area contributed by atoms with Crippen molar-refractivity contribution < 1.29 is 14.5 Å². The highest BCUT2D eigenvalue weighted by Gasteiger charge is 2.53. The zero-order chi connectivity index (χ0) is 20.9. The smallest absolute Gasteiger partial charge is 0.320 e. The quantitative estimate of drug-likeness (QED) is 0.563. The summed E-state index contributed by atoms with van der Waals surface area (Å²) in [5, 5.41) is 19.0. The van der Waals surface area contributed by atoms with E-state index in [0.717, 1.165) is 19.3 Å². The van der Waals surface area contributed by atoms with Crippen molar-refractivity contribution in [3.8, 4) is 5.75 Å². The lowest BCUT2D eigenvalue weighted by atomic mass is 9.53. The lowest BCUT2D eigenvalue weighted by Gasteiger charge is -2.56. The summed E-state index contributed by atoms with van der Waals surface area (Å²) in [7, 11) is 0. The highest BCUT2D eigenvalue weighted by Crippen LogP contribution is 2.58. The van der Waals surface area contributed by atoms with Gasteiger partial charge in [-0.05, 0) is 75.3 Å². The van der Waals surface area contributed by atoms with Gasteiger partial charge >= 0.3 is 5.69 Å². The molecule has 0 atom stereocenters. The number of aromatic nitrogens is 2.